The molecule has 0 unspecified atom stereocenters. The van der Waals surface area contributed by atoms with Crippen LogP contribution < -0.4 is 14.2 Å². The van der Waals surface area contributed by atoms with Crippen LogP contribution in [0.5, 0.6) is 11.5 Å². The average molecular weight is 408 g/mol. The average Bonchev–Trinajstić information content (AvgIpc) is 3.47. The minimum Gasteiger partial charge on any atom is -0.496 e. The van der Waals surface area contributed by atoms with Gasteiger partial charge in [0.15, 0.2) is 11.4 Å². The van der Waals surface area contributed by atoms with E-state index in [1.165, 1.54) is 17.5 Å². The lowest BCUT2D eigenvalue weighted by Gasteiger charge is -2.11. The van der Waals surface area contributed by atoms with Crippen molar-refractivity contribution in [2.45, 2.75) is 24.8 Å². The van der Waals surface area contributed by atoms with Gasteiger partial charge in [0.1, 0.15) is 16.9 Å². The van der Waals surface area contributed by atoms with Crippen molar-refractivity contribution in [1.82, 2.24) is 14.9 Å². The number of hydrogen-bond donors (Lipinski definition) is 1. The van der Waals surface area contributed by atoms with Crippen LogP contribution in [-0.4, -0.2) is 28.7 Å². The van der Waals surface area contributed by atoms with Gasteiger partial charge in [0.2, 0.25) is 0 Å². The van der Waals surface area contributed by atoms with Crippen molar-refractivity contribution < 1.29 is 14.0 Å². The molecule has 5 rings (SSSR count). The molecule has 1 N–H and O–H groups in total. The zero-order chi connectivity index (χ0) is 19.8. The second-order valence-electron chi connectivity index (χ2n) is 6.91. The Balaban J connectivity index is 1.49. The van der Waals surface area contributed by atoms with Crippen molar-refractivity contribution in [3.05, 3.63) is 59.4 Å². The number of rotatable bonds is 6. The molecule has 0 atom stereocenters. The Morgan fingerprint density at radius 2 is 2.24 bits per heavy atom. The van der Waals surface area contributed by atoms with Gasteiger partial charge in [0.05, 0.1) is 25.2 Å². The summed E-state index contributed by atoms with van der Waals surface area (Å²) in [5.74, 6) is 2.31. The predicted molar refractivity (Wildman–Crippen MR) is 112 cm³/mol. The minimum atomic E-state index is 0.650. The first-order valence-electron chi connectivity index (χ1n) is 9.35. The Morgan fingerprint density at radius 1 is 1.31 bits per heavy atom. The number of fused-ring (bicyclic) bond motifs is 3. The monoisotopic (exact) mass is 408 g/mol. The molecule has 0 aliphatic carbocycles. The summed E-state index contributed by atoms with van der Waals surface area (Å²) >= 11 is 1.44. The van der Waals surface area contributed by atoms with E-state index in [1.807, 2.05) is 35.1 Å². The van der Waals surface area contributed by atoms with Gasteiger partial charge in [-0.2, -0.15) is 5.10 Å². The number of ether oxygens (including phenoxy) is 2. The summed E-state index contributed by atoms with van der Waals surface area (Å²) in [5, 5.41) is 9.44. The summed E-state index contributed by atoms with van der Waals surface area (Å²) in [6.07, 6.45) is 4.60. The summed E-state index contributed by atoms with van der Waals surface area (Å²) in [6, 6.07) is 10.0. The fourth-order valence-corrected chi connectivity index (χ4v) is 4.44. The second kappa shape index (κ2) is 7.36. The molecule has 0 radical (unpaired) electrons. The van der Waals surface area contributed by atoms with Gasteiger partial charge in [-0.1, -0.05) is 11.2 Å². The lowest BCUT2D eigenvalue weighted by molar-refractivity contribution is 0.360. The summed E-state index contributed by atoms with van der Waals surface area (Å²) < 4.78 is 22.3. The number of benzene rings is 2. The quantitative estimate of drug-likeness (QED) is 0.473. The molecule has 4 aromatic rings. The first-order chi connectivity index (χ1) is 14.2. The Kier molecular flexibility index (Phi) is 4.55. The number of nitrogens with one attached hydrogen (secondary N) is 1. The molecule has 0 saturated heterocycles. The predicted octanol–water partition coefficient (Wildman–Crippen LogP) is 4.44. The van der Waals surface area contributed by atoms with Gasteiger partial charge < -0.3 is 18.7 Å². The Hall–Kier alpha value is -3.13. The van der Waals surface area contributed by atoms with Crippen molar-refractivity contribution in [2.24, 2.45) is 0 Å². The molecule has 3 heterocycles. The van der Waals surface area contributed by atoms with Crippen molar-refractivity contribution in [2.75, 3.05) is 18.4 Å². The molecule has 0 bridgehead atoms. The van der Waals surface area contributed by atoms with Crippen molar-refractivity contribution in [3.63, 3.8) is 0 Å². The van der Waals surface area contributed by atoms with Gasteiger partial charge in [-0.3, -0.25) is 4.68 Å². The van der Waals surface area contributed by atoms with Crippen molar-refractivity contribution in [3.8, 4) is 11.5 Å². The standard InChI is InChI=1S/C21H20N4O3S/c1-13-4-5-16(26-2)18(10-13)29-24-21-19-17(28-23-21)11-14(12-25-8-3-7-22-25)15-6-9-27-20(15)19/h3-5,7-8,10-11H,6,9,12H2,1-2H3,(H,23,24). The number of aryl methyl sites for hydroxylation is 1. The highest BCUT2D eigenvalue weighted by molar-refractivity contribution is 8.00. The van der Waals surface area contributed by atoms with Crippen molar-refractivity contribution >= 4 is 28.7 Å². The molecule has 1 aliphatic rings. The lowest BCUT2D eigenvalue weighted by Crippen LogP contribution is -2.02. The normalized spacial score (nSPS) is 12.8. The topological polar surface area (TPSA) is 74.3 Å². The second-order valence-corrected chi connectivity index (χ2v) is 7.76. The maximum atomic E-state index is 5.98. The highest BCUT2D eigenvalue weighted by Crippen LogP contribution is 2.42. The van der Waals surface area contributed by atoms with E-state index < -0.39 is 0 Å². The van der Waals surface area contributed by atoms with Crippen LogP contribution in [0.25, 0.3) is 11.0 Å². The Morgan fingerprint density at radius 3 is 3.07 bits per heavy atom. The molecule has 8 heteroatoms. The third-order valence-electron chi connectivity index (χ3n) is 4.98. The summed E-state index contributed by atoms with van der Waals surface area (Å²) in [5.41, 5.74) is 4.20. The molecule has 0 amide bonds. The fourth-order valence-electron chi connectivity index (χ4n) is 3.60. The van der Waals surface area contributed by atoms with Crippen LogP contribution in [0.1, 0.15) is 16.7 Å². The minimum absolute atomic E-state index is 0.650. The first kappa shape index (κ1) is 17.9. The summed E-state index contributed by atoms with van der Waals surface area (Å²) in [7, 11) is 1.67. The molecule has 0 saturated carbocycles. The lowest BCUT2D eigenvalue weighted by atomic mass is 10.0. The summed E-state index contributed by atoms with van der Waals surface area (Å²) in [4.78, 5) is 0.983. The molecule has 0 fully saturated rings. The van der Waals surface area contributed by atoms with Gasteiger partial charge >= 0.3 is 0 Å². The van der Waals surface area contributed by atoms with E-state index in [1.54, 1.807) is 13.3 Å². The molecule has 2 aromatic carbocycles. The highest BCUT2D eigenvalue weighted by atomic mass is 32.2. The third kappa shape index (κ3) is 3.29. The smallest absolute Gasteiger partial charge is 0.191 e. The van der Waals surface area contributed by atoms with E-state index in [0.29, 0.717) is 24.6 Å². The van der Waals surface area contributed by atoms with Crippen LogP contribution in [0.4, 0.5) is 5.82 Å². The van der Waals surface area contributed by atoms with Gasteiger partial charge in [-0.05, 0) is 54.3 Å². The van der Waals surface area contributed by atoms with E-state index >= 15 is 0 Å². The van der Waals surface area contributed by atoms with E-state index in [0.717, 1.165) is 39.3 Å². The van der Waals surface area contributed by atoms with Crippen molar-refractivity contribution in [1.29, 1.82) is 0 Å². The molecule has 148 valence electrons. The van der Waals surface area contributed by atoms with Crippen LogP contribution in [0, 0.1) is 6.92 Å². The van der Waals surface area contributed by atoms with Crippen LogP contribution in [0.2, 0.25) is 0 Å². The van der Waals surface area contributed by atoms with E-state index in [4.69, 9.17) is 14.0 Å². The number of nitrogens with zero attached hydrogens (tertiary/aromatic N) is 3. The molecule has 7 nitrogen and oxygen atoms in total. The van der Waals surface area contributed by atoms with E-state index in [2.05, 4.69) is 28.0 Å². The fraction of sp³-hybridized carbons (Fsp3) is 0.238. The molecule has 29 heavy (non-hydrogen) atoms. The number of anilines is 1. The molecule has 1 aliphatic heterocycles. The van der Waals surface area contributed by atoms with Gasteiger partial charge in [-0.25, -0.2) is 0 Å². The van der Waals surface area contributed by atoms with Crippen LogP contribution in [0.3, 0.4) is 0 Å². The Bertz CT molecular complexity index is 1170. The van der Waals surface area contributed by atoms with E-state index in [-0.39, 0.29) is 0 Å². The number of methoxy groups -OCH3 is 1. The molecule has 0 spiro atoms. The van der Waals surface area contributed by atoms with Gasteiger partial charge in [-0.15, -0.1) is 0 Å². The Labute approximate surface area is 172 Å². The van der Waals surface area contributed by atoms with Gasteiger partial charge in [0, 0.05) is 24.4 Å². The third-order valence-corrected chi connectivity index (χ3v) is 5.81. The first-order valence-corrected chi connectivity index (χ1v) is 10.2. The van der Waals surface area contributed by atoms with Crippen LogP contribution in [-0.2, 0) is 13.0 Å². The van der Waals surface area contributed by atoms with Gasteiger partial charge in [0.25, 0.3) is 0 Å². The van der Waals surface area contributed by atoms with Crippen LogP contribution >= 0.6 is 11.9 Å². The zero-order valence-electron chi connectivity index (χ0n) is 16.1. The maximum Gasteiger partial charge on any atom is 0.191 e. The SMILES string of the molecule is COc1ccc(C)cc1SNc1noc2cc(Cn3cccn3)c3c(c12)OCC3. The number of hydrogen-bond acceptors (Lipinski definition) is 7. The largest absolute Gasteiger partial charge is 0.496 e. The van der Waals surface area contributed by atoms with E-state index in [9.17, 15) is 0 Å². The maximum absolute atomic E-state index is 5.98. The molecular weight excluding hydrogens is 388 g/mol. The summed E-state index contributed by atoms with van der Waals surface area (Å²) in [6.45, 7) is 3.38. The molecule has 2 aromatic heterocycles. The molecular formula is C21H20N4O3S. The number of aromatic nitrogens is 3. The van der Waals surface area contributed by atoms with Crippen LogP contribution in [0.15, 0.2) is 52.1 Å². The zero-order valence-corrected chi connectivity index (χ0v) is 17.0. The highest BCUT2D eigenvalue weighted by Gasteiger charge is 2.25.